The Morgan fingerprint density at radius 3 is 2.90 bits per heavy atom. The summed E-state index contributed by atoms with van der Waals surface area (Å²) in [5.41, 5.74) is 0.482. The first-order chi connectivity index (χ1) is 10.2. The normalized spacial score (nSPS) is 10.4. The topological polar surface area (TPSA) is 64.1 Å². The summed E-state index contributed by atoms with van der Waals surface area (Å²) in [6.45, 7) is 2.04. The Morgan fingerprint density at radius 2 is 2.24 bits per heavy atom. The molecule has 8 heteroatoms. The van der Waals surface area contributed by atoms with Crippen molar-refractivity contribution in [1.82, 2.24) is 10.2 Å². The quantitative estimate of drug-likeness (QED) is 0.639. The minimum atomic E-state index is -0.247. The van der Waals surface area contributed by atoms with E-state index in [1.54, 1.807) is 36.7 Å². The second-order valence-electron chi connectivity index (χ2n) is 3.83. The number of thioether (sulfide) groups is 2. The predicted octanol–water partition coefficient (Wildman–Crippen LogP) is 3.63. The average molecular weight is 341 g/mol. The van der Waals surface area contributed by atoms with Gasteiger partial charge in [0, 0.05) is 4.90 Å². The van der Waals surface area contributed by atoms with Crippen molar-refractivity contribution in [2.75, 3.05) is 24.4 Å². The van der Waals surface area contributed by atoms with Crippen LogP contribution in [0.2, 0.25) is 0 Å². The van der Waals surface area contributed by atoms with E-state index in [-0.39, 0.29) is 5.91 Å². The van der Waals surface area contributed by atoms with Crippen molar-refractivity contribution in [2.24, 2.45) is 0 Å². The molecule has 0 fully saturated rings. The molecular weight excluding hydrogens is 326 g/mol. The number of anilines is 1. The summed E-state index contributed by atoms with van der Waals surface area (Å²) in [6, 6.07) is 5.49. The van der Waals surface area contributed by atoms with E-state index in [9.17, 15) is 4.79 Å². The predicted molar refractivity (Wildman–Crippen MR) is 89.0 cm³/mol. The van der Waals surface area contributed by atoms with Gasteiger partial charge in [0.25, 0.3) is 5.91 Å². The van der Waals surface area contributed by atoms with Gasteiger partial charge in [-0.3, -0.25) is 10.1 Å². The summed E-state index contributed by atoms with van der Waals surface area (Å²) in [5, 5.41) is 11.2. The molecule has 0 spiro atoms. The molecule has 2 rings (SSSR count). The molecule has 0 aliphatic heterocycles. The standard InChI is InChI=1S/C13H15N3O2S3/c1-4-20-13-16-15-12(21-13)14-11(17)9-6-5-8(19-3)7-10(9)18-2/h5-7H,4H2,1-3H3,(H,14,15,17). The Bertz CT molecular complexity index is 631. The van der Waals surface area contributed by atoms with Crippen LogP contribution in [-0.4, -0.2) is 35.2 Å². The number of amides is 1. The number of hydrogen-bond donors (Lipinski definition) is 1. The average Bonchev–Trinajstić information content (AvgIpc) is 2.94. The molecule has 0 aliphatic rings. The summed E-state index contributed by atoms with van der Waals surface area (Å²) >= 11 is 4.56. The van der Waals surface area contributed by atoms with E-state index < -0.39 is 0 Å². The molecule has 0 aliphatic carbocycles. The van der Waals surface area contributed by atoms with Crippen LogP contribution < -0.4 is 10.1 Å². The highest BCUT2D eigenvalue weighted by atomic mass is 32.2. The molecule has 1 amide bonds. The molecule has 0 unspecified atom stereocenters. The number of nitrogens with zero attached hydrogens (tertiary/aromatic N) is 2. The Kier molecular flexibility index (Phi) is 5.89. The molecule has 0 radical (unpaired) electrons. The van der Waals surface area contributed by atoms with Crippen LogP contribution >= 0.6 is 34.9 Å². The van der Waals surface area contributed by atoms with Crippen LogP contribution in [0.3, 0.4) is 0 Å². The van der Waals surface area contributed by atoms with Gasteiger partial charge >= 0.3 is 0 Å². The van der Waals surface area contributed by atoms with E-state index in [4.69, 9.17) is 4.74 Å². The van der Waals surface area contributed by atoms with Crippen molar-refractivity contribution < 1.29 is 9.53 Å². The number of methoxy groups -OCH3 is 1. The van der Waals surface area contributed by atoms with Crippen molar-refractivity contribution in [2.45, 2.75) is 16.2 Å². The molecule has 112 valence electrons. The summed E-state index contributed by atoms with van der Waals surface area (Å²) in [6.07, 6.45) is 1.97. The first-order valence-corrected chi connectivity index (χ1v) is 9.20. The molecule has 0 saturated heterocycles. The largest absolute Gasteiger partial charge is 0.496 e. The zero-order chi connectivity index (χ0) is 15.2. The number of ether oxygens (including phenoxy) is 1. The molecule has 0 atom stereocenters. The van der Waals surface area contributed by atoms with Crippen LogP contribution in [0.25, 0.3) is 0 Å². The van der Waals surface area contributed by atoms with Crippen molar-refractivity contribution in [3.05, 3.63) is 23.8 Å². The van der Waals surface area contributed by atoms with Gasteiger partial charge < -0.3 is 4.74 Å². The van der Waals surface area contributed by atoms with Crippen LogP contribution in [0.5, 0.6) is 5.75 Å². The molecule has 0 saturated carbocycles. The molecule has 1 N–H and O–H groups in total. The number of nitrogens with one attached hydrogen (secondary N) is 1. The third-order valence-corrected chi connectivity index (χ3v) is 5.13. The molecule has 1 aromatic carbocycles. The molecule has 5 nitrogen and oxygen atoms in total. The fourth-order valence-corrected chi connectivity index (χ4v) is 3.67. The van der Waals surface area contributed by atoms with E-state index in [0.29, 0.717) is 16.4 Å². The fourth-order valence-electron chi connectivity index (χ4n) is 1.59. The van der Waals surface area contributed by atoms with E-state index in [1.807, 2.05) is 25.3 Å². The monoisotopic (exact) mass is 341 g/mol. The highest BCUT2D eigenvalue weighted by Crippen LogP contribution is 2.28. The molecule has 1 heterocycles. The zero-order valence-corrected chi connectivity index (χ0v) is 14.3. The smallest absolute Gasteiger partial charge is 0.261 e. The van der Waals surface area contributed by atoms with E-state index in [2.05, 4.69) is 15.5 Å². The van der Waals surface area contributed by atoms with Crippen LogP contribution in [0.4, 0.5) is 5.13 Å². The van der Waals surface area contributed by atoms with E-state index >= 15 is 0 Å². The number of aromatic nitrogens is 2. The summed E-state index contributed by atoms with van der Waals surface area (Å²) in [4.78, 5) is 13.3. The molecule has 0 bridgehead atoms. The van der Waals surface area contributed by atoms with Gasteiger partial charge in [0.05, 0.1) is 12.7 Å². The van der Waals surface area contributed by atoms with Gasteiger partial charge in [0.1, 0.15) is 5.75 Å². The van der Waals surface area contributed by atoms with Crippen LogP contribution in [0.15, 0.2) is 27.4 Å². The highest BCUT2D eigenvalue weighted by molar-refractivity contribution is 8.01. The van der Waals surface area contributed by atoms with Crippen LogP contribution in [0.1, 0.15) is 17.3 Å². The lowest BCUT2D eigenvalue weighted by atomic mass is 10.2. The Labute approximate surface area is 135 Å². The first-order valence-electron chi connectivity index (χ1n) is 6.17. The Balaban J connectivity index is 2.15. The Morgan fingerprint density at radius 1 is 1.43 bits per heavy atom. The maximum absolute atomic E-state index is 12.3. The summed E-state index contributed by atoms with van der Waals surface area (Å²) < 4.78 is 6.12. The number of rotatable bonds is 6. The Hall–Kier alpha value is -1.25. The van der Waals surface area contributed by atoms with Crippen LogP contribution in [0, 0.1) is 0 Å². The van der Waals surface area contributed by atoms with Gasteiger partial charge in [-0.1, -0.05) is 30.0 Å². The minimum absolute atomic E-state index is 0.247. The fraction of sp³-hybridized carbons (Fsp3) is 0.308. The maximum atomic E-state index is 12.3. The third-order valence-electron chi connectivity index (χ3n) is 2.55. The van der Waals surface area contributed by atoms with Crippen molar-refractivity contribution in [3.8, 4) is 5.75 Å². The SMILES string of the molecule is CCSc1nnc(NC(=O)c2ccc(SC)cc2OC)s1. The van der Waals surface area contributed by atoms with E-state index in [1.165, 1.54) is 11.3 Å². The van der Waals surface area contributed by atoms with Gasteiger partial charge in [0.2, 0.25) is 5.13 Å². The van der Waals surface area contributed by atoms with Gasteiger partial charge in [-0.15, -0.1) is 22.0 Å². The summed E-state index contributed by atoms with van der Waals surface area (Å²) in [5.74, 6) is 1.22. The highest BCUT2D eigenvalue weighted by Gasteiger charge is 2.15. The number of hydrogen-bond acceptors (Lipinski definition) is 7. The molecular formula is C13H15N3O2S3. The maximum Gasteiger partial charge on any atom is 0.261 e. The van der Waals surface area contributed by atoms with Gasteiger partial charge in [-0.2, -0.15) is 0 Å². The van der Waals surface area contributed by atoms with Gasteiger partial charge in [0.15, 0.2) is 4.34 Å². The van der Waals surface area contributed by atoms with Gasteiger partial charge in [-0.05, 0) is 30.2 Å². The molecule has 21 heavy (non-hydrogen) atoms. The van der Waals surface area contributed by atoms with Gasteiger partial charge in [-0.25, -0.2) is 0 Å². The first kappa shape index (κ1) is 16.1. The molecule has 1 aromatic heterocycles. The number of benzene rings is 1. The zero-order valence-electron chi connectivity index (χ0n) is 11.9. The second-order valence-corrected chi connectivity index (χ2v) is 7.19. The third kappa shape index (κ3) is 4.12. The van der Waals surface area contributed by atoms with Crippen molar-refractivity contribution in [1.29, 1.82) is 0 Å². The van der Waals surface area contributed by atoms with E-state index in [0.717, 1.165) is 15.0 Å². The van der Waals surface area contributed by atoms with Crippen molar-refractivity contribution in [3.63, 3.8) is 0 Å². The summed E-state index contributed by atoms with van der Waals surface area (Å²) in [7, 11) is 1.55. The lowest BCUT2D eigenvalue weighted by molar-refractivity contribution is 0.102. The second kappa shape index (κ2) is 7.67. The lowest BCUT2D eigenvalue weighted by Gasteiger charge is -2.09. The number of carbonyl (C=O) groups excluding carboxylic acids is 1. The minimum Gasteiger partial charge on any atom is -0.496 e. The van der Waals surface area contributed by atoms with Crippen LogP contribution in [-0.2, 0) is 0 Å². The van der Waals surface area contributed by atoms with Crippen molar-refractivity contribution >= 4 is 45.9 Å². The lowest BCUT2D eigenvalue weighted by Crippen LogP contribution is -2.13. The number of carbonyl (C=O) groups is 1. The molecule has 2 aromatic rings.